The lowest BCUT2D eigenvalue weighted by Crippen LogP contribution is -2.42. The average molecular weight is 462 g/mol. The SMILES string of the molecule is CC(C)(C)c1ccc(OC[C@H](O)CN2C(=O)N[C@@](C)(c3ccc(OC(F)F)cc3)C2=O)cc1. The highest BCUT2D eigenvalue weighted by Crippen LogP contribution is 2.30. The second-order valence-corrected chi connectivity index (χ2v) is 9.11. The van der Waals surface area contributed by atoms with Crippen molar-refractivity contribution in [3.8, 4) is 11.5 Å². The first-order chi connectivity index (χ1) is 15.4. The Morgan fingerprint density at radius 3 is 2.15 bits per heavy atom. The smallest absolute Gasteiger partial charge is 0.387 e. The molecule has 2 aromatic rings. The Kier molecular flexibility index (Phi) is 6.92. The molecule has 2 atom stereocenters. The maximum atomic E-state index is 13.0. The number of aliphatic hydroxyl groups excluding tert-OH is 1. The molecule has 1 aliphatic rings. The van der Waals surface area contributed by atoms with E-state index in [-0.39, 0.29) is 24.3 Å². The number of carbonyl (C=O) groups is 2. The van der Waals surface area contributed by atoms with Gasteiger partial charge in [0.05, 0.1) is 6.54 Å². The van der Waals surface area contributed by atoms with Crippen molar-refractivity contribution in [1.29, 1.82) is 0 Å². The van der Waals surface area contributed by atoms with Gasteiger partial charge in [0.15, 0.2) is 0 Å². The van der Waals surface area contributed by atoms with Crippen molar-refractivity contribution in [3.63, 3.8) is 0 Å². The van der Waals surface area contributed by atoms with Gasteiger partial charge in [0.25, 0.3) is 5.91 Å². The number of ether oxygens (including phenoxy) is 2. The minimum absolute atomic E-state index is 0.00440. The van der Waals surface area contributed by atoms with Gasteiger partial charge in [-0.1, -0.05) is 45.0 Å². The minimum atomic E-state index is -2.96. The summed E-state index contributed by atoms with van der Waals surface area (Å²) in [6, 6.07) is 12.3. The van der Waals surface area contributed by atoms with E-state index in [4.69, 9.17) is 4.74 Å². The summed E-state index contributed by atoms with van der Waals surface area (Å²) in [5.41, 5.74) is 0.145. The summed E-state index contributed by atoms with van der Waals surface area (Å²) in [5.74, 6) is -0.0621. The van der Waals surface area contributed by atoms with Crippen LogP contribution in [-0.2, 0) is 15.7 Å². The van der Waals surface area contributed by atoms with Gasteiger partial charge in [-0.05, 0) is 47.7 Å². The first-order valence-corrected chi connectivity index (χ1v) is 10.5. The Bertz CT molecular complexity index is 989. The number of hydrogen-bond acceptors (Lipinski definition) is 5. The summed E-state index contributed by atoms with van der Waals surface area (Å²) in [5, 5.41) is 13.0. The van der Waals surface area contributed by atoms with Gasteiger partial charge < -0.3 is 19.9 Å². The maximum Gasteiger partial charge on any atom is 0.387 e. The molecular formula is C24H28F2N2O5. The van der Waals surface area contributed by atoms with Crippen LogP contribution in [-0.4, -0.2) is 47.8 Å². The molecule has 33 heavy (non-hydrogen) atoms. The number of imide groups is 1. The van der Waals surface area contributed by atoms with E-state index in [1.165, 1.54) is 31.2 Å². The second kappa shape index (κ2) is 9.35. The summed E-state index contributed by atoms with van der Waals surface area (Å²) in [7, 11) is 0. The standard InChI is InChI=1S/C24H28F2N2O5/c1-23(2,3)15-5-9-18(10-6-15)32-14-17(29)13-28-20(30)24(4,27-22(28)31)16-7-11-19(12-8-16)33-21(25)26/h5-12,17,21,29H,13-14H2,1-4H3,(H,27,31)/t17-,24+/m1/s1. The summed E-state index contributed by atoms with van der Waals surface area (Å²) in [4.78, 5) is 26.3. The Balaban J connectivity index is 1.61. The molecule has 1 aliphatic heterocycles. The van der Waals surface area contributed by atoms with Crippen LogP contribution in [0, 0.1) is 0 Å². The molecule has 9 heteroatoms. The van der Waals surface area contributed by atoms with E-state index in [0.717, 1.165) is 10.5 Å². The van der Waals surface area contributed by atoms with E-state index in [1.54, 1.807) is 12.1 Å². The van der Waals surface area contributed by atoms with Gasteiger partial charge in [-0.15, -0.1) is 0 Å². The molecule has 7 nitrogen and oxygen atoms in total. The number of nitrogens with one attached hydrogen (secondary N) is 1. The van der Waals surface area contributed by atoms with Gasteiger partial charge in [-0.3, -0.25) is 9.69 Å². The monoisotopic (exact) mass is 462 g/mol. The minimum Gasteiger partial charge on any atom is -0.491 e. The molecule has 2 aromatic carbocycles. The van der Waals surface area contributed by atoms with E-state index in [0.29, 0.717) is 11.3 Å². The molecule has 0 bridgehead atoms. The molecule has 2 N–H and O–H groups in total. The lowest BCUT2D eigenvalue weighted by molar-refractivity contribution is -0.132. The summed E-state index contributed by atoms with van der Waals surface area (Å²) in [6.45, 7) is 4.48. The molecule has 3 rings (SSSR count). The first kappa shape index (κ1) is 24.4. The molecule has 0 aromatic heterocycles. The van der Waals surface area contributed by atoms with Crippen LogP contribution in [0.3, 0.4) is 0 Å². The largest absolute Gasteiger partial charge is 0.491 e. The van der Waals surface area contributed by atoms with Crippen molar-refractivity contribution in [2.75, 3.05) is 13.2 Å². The van der Waals surface area contributed by atoms with Crippen molar-refractivity contribution < 1.29 is 33.0 Å². The van der Waals surface area contributed by atoms with Crippen molar-refractivity contribution >= 4 is 11.9 Å². The van der Waals surface area contributed by atoms with Gasteiger partial charge in [-0.2, -0.15) is 8.78 Å². The predicted octanol–water partition coefficient (Wildman–Crippen LogP) is 3.79. The fraction of sp³-hybridized carbons (Fsp3) is 0.417. The molecule has 178 valence electrons. The number of halogens is 2. The van der Waals surface area contributed by atoms with Crippen LogP contribution < -0.4 is 14.8 Å². The predicted molar refractivity (Wildman–Crippen MR) is 117 cm³/mol. The van der Waals surface area contributed by atoms with Crippen molar-refractivity contribution in [1.82, 2.24) is 10.2 Å². The van der Waals surface area contributed by atoms with Crippen LogP contribution in [0.5, 0.6) is 11.5 Å². The number of benzene rings is 2. The maximum absolute atomic E-state index is 13.0. The van der Waals surface area contributed by atoms with Gasteiger partial charge in [0.2, 0.25) is 0 Å². The topological polar surface area (TPSA) is 88.1 Å². The van der Waals surface area contributed by atoms with E-state index < -0.39 is 30.2 Å². The molecule has 1 fully saturated rings. The molecule has 3 amide bonds. The number of carbonyl (C=O) groups excluding carboxylic acids is 2. The van der Waals surface area contributed by atoms with Crippen molar-refractivity contribution in [3.05, 3.63) is 59.7 Å². The highest BCUT2D eigenvalue weighted by atomic mass is 19.3. The molecule has 0 spiro atoms. The fourth-order valence-corrected chi connectivity index (χ4v) is 3.54. The van der Waals surface area contributed by atoms with E-state index in [1.807, 2.05) is 12.1 Å². The summed E-state index contributed by atoms with van der Waals surface area (Å²) in [6.07, 6.45) is -1.11. The molecule has 1 saturated heterocycles. The quantitative estimate of drug-likeness (QED) is 0.583. The average Bonchev–Trinajstić information content (AvgIpc) is 2.96. The molecule has 0 radical (unpaired) electrons. The van der Waals surface area contributed by atoms with Gasteiger partial charge in [0, 0.05) is 0 Å². The van der Waals surface area contributed by atoms with E-state index in [9.17, 15) is 23.5 Å². The van der Waals surface area contributed by atoms with Crippen LogP contribution >= 0.6 is 0 Å². The molecule has 0 saturated carbocycles. The van der Waals surface area contributed by atoms with Crippen LogP contribution in [0.25, 0.3) is 0 Å². The Morgan fingerprint density at radius 2 is 1.61 bits per heavy atom. The van der Waals surface area contributed by atoms with Crippen LogP contribution in [0.1, 0.15) is 38.8 Å². The normalized spacial score (nSPS) is 19.6. The highest BCUT2D eigenvalue weighted by Gasteiger charge is 2.49. The van der Waals surface area contributed by atoms with Gasteiger partial charge >= 0.3 is 12.6 Å². The van der Waals surface area contributed by atoms with Gasteiger partial charge in [0.1, 0.15) is 29.7 Å². The van der Waals surface area contributed by atoms with Crippen LogP contribution in [0.2, 0.25) is 0 Å². The molecule has 1 heterocycles. The number of rotatable bonds is 8. The zero-order chi connectivity index (χ0) is 24.4. The number of urea groups is 1. The van der Waals surface area contributed by atoms with Crippen LogP contribution in [0.4, 0.5) is 13.6 Å². The fourth-order valence-electron chi connectivity index (χ4n) is 3.54. The zero-order valence-electron chi connectivity index (χ0n) is 19.0. The molecular weight excluding hydrogens is 434 g/mol. The van der Waals surface area contributed by atoms with E-state index >= 15 is 0 Å². The number of aliphatic hydroxyl groups is 1. The Hall–Kier alpha value is -3.20. The Morgan fingerprint density at radius 1 is 1.03 bits per heavy atom. The third-order valence-corrected chi connectivity index (χ3v) is 5.49. The number of β-amino-alcohol motifs (C(OH)–C–C–N with tert-alkyl or cyclic N) is 1. The van der Waals surface area contributed by atoms with Crippen molar-refractivity contribution in [2.45, 2.75) is 51.4 Å². The number of hydrogen-bond donors (Lipinski definition) is 2. The number of nitrogens with zero attached hydrogens (tertiary/aromatic N) is 1. The number of amides is 3. The first-order valence-electron chi connectivity index (χ1n) is 10.5. The number of alkyl halides is 2. The summed E-state index contributed by atoms with van der Waals surface area (Å²) < 4.78 is 34.6. The third kappa shape index (κ3) is 5.60. The summed E-state index contributed by atoms with van der Waals surface area (Å²) >= 11 is 0. The second-order valence-electron chi connectivity index (χ2n) is 9.11. The molecule has 0 aliphatic carbocycles. The lowest BCUT2D eigenvalue weighted by atomic mass is 9.87. The van der Waals surface area contributed by atoms with Crippen molar-refractivity contribution in [2.24, 2.45) is 0 Å². The Labute approximate surface area is 191 Å². The van der Waals surface area contributed by atoms with Crippen LogP contribution in [0.15, 0.2) is 48.5 Å². The molecule has 0 unspecified atom stereocenters. The lowest BCUT2D eigenvalue weighted by Gasteiger charge is -2.23. The zero-order valence-corrected chi connectivity index (χ0v) is 19.0. The van der Waals surface area contributed by atoms with E-state index in [2.05, 4.69) is 30.8 Å². The highest BCUT2D eigenvalue weighted by molar-refractivity contribution is 6.07. The third-order valence-electron chi connectivity index (χ3n) is 5.49. The van der Waals surface area contributed by atoms with Gasteiger partial charge in [-0.25, -0.2) is 4.79 Å².